The number of hydrogen-bond acceptors (Lipinski definition) is 4. The maximum atomic E-state index is 6.90. The van der Waals surface area contributed by atoms with Crippen molar-refractivity contribution in [3.8, 4) is 11.5 Å². The van der Waals surface area contributed by atoms with Crippen LogP contribution in [0.15, 0.2) is 146 Å². The lowest BCUT2D eigenvalue weighted by Crippen LogP contribution is -2.09. The first-order valence-corrected chi connectivity index (χ1v) is 21.7. The maximum Gasteiger partial charge on any atom is 0.225 e. The fraction of sp³-hybridized carbons (Fsp3) is 0.0588. The molecule has 7 aromatic carbocycles. The van der Waals surface area contributed by atoms with E-state index in [1.54, 1.807) is 11.3 Å². The van der Waals surface area contributed by atoms with Crippen LogP contribution in [0.4, 0.5) is 0 Å². The molecule has 0 bridgehead atoms. The molecule has 12 aromatic rings. The largest absolute Gasteiger partial charge is 0.313 e. The molecule has 0 spiro atoms. The van der Waals surface area contributed by atoms with Gasteiger partial charge in [0.2, 0.25) is 5.28 Å². The second-order valence-corrected chi connectivity index (χ2v) is 17.9. The van der Waals surface area contributed by atoms with Gasteiger partial charge in [-0.3, -0.25) is 4.57 Å². The van der Waals surface area contributed by atoms with Gasteiger partial charge in [0.05, 0.1) is 31.5 Å². The summed E-state index contributed by atoms with van der Waals surface area (Å²) in [5.74, 6) is 1.13. The Morgan fingerprint density at radius 2 is 1.22 bits per heavy atom. The van der Waals surface area contributed by atoms with Crippen molar-refractivity contribution in [1.29, 1.82) is 0 Å². The van der Waals surface area contributed by atoms with Gasteiger partial charge in [0.15, 0.2) is 5.82 Å². The smallest absolute Gasteiger partial charge is 0.225 e. The number of hydrogen-bond donors (Lipinski definition) is 0. The van der Waals surface area contributed by atoms with E-state index in [1.807, 2.05) is 11.3 Å². The predicted octanol–water partition coefficient (Wildman–Crippen LogP) is 15.1. The molecule has 0 amide bonds. The van der Waals surface area contributed by atoms with E-state index in [0.717, 1.165) is 38.9 Å². The number of aromatic nitrogens is 4. The molecule has 0 N–H and O–H groups in total. The number of para-hydroxylation sites is 2. The van der Waals surface area contributed by atoms with E-state index in [9.17, 15) is 0 Å². The molecule has 0 saturated carbocycles. The van der Waals surface area contributed by atoms with Crippen LogP contribution in [0.1, 0.15) is 36.1 Å². The molecule has 0 radical (unpaired) electrons. The Labute approximate surface area is 345 Å². The lowest BCUT2D eigenvalue weighted by molar-refractivity contribution is 0.733. The molecule has 5 aromatic heterocycles. The molecule has 274 valence electrons. The van der Waals surface area contributed by atoms with Gasteiger partial charge in [-0.25, -0.2) is 4.98 Å². The first-order valence-electron chi connectivity index (χ1n) is 19.7. The fourth-order valence-corrected chi connectivity index (χ4v) is 12.5. The first kappa shape index (κ1) is 32.7. The Morgan fingerprint density at radius 3 is 2.03 bits per heavy atom. The molecule has 58 heavy (non-hydrogen) atoms. The number of nitrogens with zero attached hydrogens (tertiary/aromatic N) is 4. The summed E-state index contributed by atoms with van der Waals surface area (Å²) < 4.78 is 9.59. The highest BCUT2D eigenvalue weighted by atomic mass is 35.5. The predicted molar refractivity (Wildman–Crippen MR) is 249 cm³/mol. The van der Waals surface area contributed by atoms with E-state index in [0.29, 0.717) is 5.92 Å². The van der Waals surface area contributed by atoms with Crippen molar-refractivity contribution >= 4 is 130 Å². The summed E-state index contributed by atoms with van der Waals surface area (Å²) in [6, 6.07) is 53.0. The standard InChI is InChI=1S/C51H31ClN4S2/c1-28-25-30(27-37-32-15-7-10-20-39(32)55(46(28)37)31-13-3-2-4-14-31)29-23-24-40-38(26-29)43-33-16-5-6-17-34(33)44-35-18-8-11-21-41(35)57-48(44)47(43)56(40)50-49-45(53-51(52)54-50)36-19-9-12-22-42(36)58-49/h2-24,26-28H,25H2,1H3. The summed E-state index contributed by atoms with van der Waals surface area (Å²) in [4.78, 5) is 9.93. The van der Waals surface area contributed by atoms with Gasteiger partial charge in [0, 0.05) is 64.6 Å². The summed E-state index contributed by atoms with van der Waals surface area (Å²) in [7, 11) is 0. The highest BCUT2D eigenvalue weighted by molar-refractivity contribution is 7.27. The van der Waals surface area contributed by atoms with Gasteiger partial charge in [-0.15, -0.1) is 22.7 Å². The van der Waals surface area contributed by atoms with Crippen LogP contribution in [0.5, 0.6) is 0 Å². The van der Waals surface area contributed by atoms with Crippen LogP contribution in [0.2, 0.25) is 5.28 Å². The minimum Gasteiger partial charge on any atom is -0.313 e. The summed E-state index contributed by atoms with van der Waals surface area (Å²) in [5.41, 5.74) is 10.9. The topological polar surface area (TPSA) is 35.6 Å². The molecule has 1 unspecified atom stereocenters. The molecular weight excluding hydrogens is 768 g/mol. The summed E-state index contributed by atoms with van der Waals surface area (Å²) in [6.45, 7) is 2.38. The Kier molecular flexibility index (Phi) is 6.83. The van der Waals surface area contributed by atoms with Crippen molar-refractivity contribution < 1.29 is 0 Å². The van der Waals surface area contributed by atoms with E-state index >= 15 is 0 Å². The van der Waals surface area contributed by atoms with Crippen LogP contribution < -0.4 is 0 Å². The number of allylic oxidation sites excluding steroid dienone is 1. The maximum absolute atomic E-state index is 6.90. The molecule has 7 heteroatoms. The number of thiophene rings is 2. The van der Waals surface area contributed by atoms with E-state index in [4.69, 9.17) is 21.6 Å². The summed E-state index contributed by atoms with van der Waals surface area (Å²) in [6.07, 6.45) is 3.40. The quantitative estimate of drug-likeness (QED) is 0.167. The Bertz CT molecular complexity index is 3750. The Morgan fingerprint density at radius 1 is 0.586 bits per heavy atom. The molecular formula is C51H31ClN4S2. The highest BCUT2D eigenvalue weighted by Crippen LogP contribution is 2.50. The van der Waals surface area contributed by atoms with Gasteiger partial charge >= 0.3 is 0 Å². The normalized spacial score (nSPS) is 14.6. The number of fused-ring (bicyclic) bond motifs is 16. The molecule has 0 fully saturated rings. The molecule has 1 aliphatic carbocycles. The van der Waals surface area contributed by atoms with Crippen LogP contribution in [-0.4, -0.2) is 19.1 Å². The zero-order chi connectivity index (χ0) is 38.2. The van der Waals surface area contributed by atoms with Gasteiger partial charge in [0.1, 0.15) is 0 Å². The lowest BCUT2D eigenvalue weighted by Gasteiger charge is -2.24. The fourth-order valence-electron chi connectivity index (χ4n) is 9.94. The SMILES string of the molecule is CC1CC(c2ccc3c(c2)c2c4ccccc4c4c5ccccc5sc4c2n3-c2nc(Cl)nc3c2sc2ccccc23)=Cc2c1n(-c1ccccc1)c1ccccc21. The van der Waals surface area contributed by atoms with Crippen LogP contribution in [0, 0.1) is 0 Å². The molecule has 13 rings (SSSR count). The monoisotopic (exact) mass is 798 g/mol. The zero-order valence-corrected chi connectivity index (χ0v) is 33.6. The molecule has 4 nitrogen and oxygen atoms in total. The van der Waals surface area contributed by atoms with E-state index in [2.05, 4.69) is 168 Å². The van der Waals surface area contributed by atoms with Crippen molar-refractivity contribution in [1.82, 2.24) is 19.1 Å². The van der Waals surface area contributed by atoms with Gasteiger partial charge in [-0.2, -0.15) is 4.98 Å². The minimum absolute atomic E-state index is 0.248. The third kappa shape index (κ3) is 4.45. The highest BCUT2D eigenvalue weighted by Gasteiger charge is 2.29. The second-order valence-electron chi connectivity index (χ2n) is 15.5. The minimum atomic E-state index is 0.248. The van der Waals surface area contributed by atoms with Crippen LogP contribution in [-0.2, 0) is 0 Å². The summed E-state index contributed by atoms with van der Waals surface area (Å²) >= 11 is 10.5. The van der Waals surface area contributed by atoms with E-state index in [1.165, 1.54) is 85.4 Å². The van der Waals surface area contributed by atoms with Crippen molar-refractivity contribution in [2.75, 3.05) is 0 Å². The average molecular weight is 799 g/mol. The van der Waals surface area contributed by atoms with Gasteiger partial charge in [0.25, 0.3) is 0 Å². The van der Waals surface area contributed by atoms with E-state index in [-0.39, 0.29) is 5.28 Å². The van der Waals surface area contributed by atoms with E-state index < -0.39 is 0 Å². The third-order valence-electron chi connectivity index (χ3n) is 12.3. The summed E-state index contributed by atoms with van der Waals surface area (Å²) in [5, 5.41) is 10.1. The molecule has 1 aliphatic rings. The van der Waals surface area contributed by atoms with Crippen LogP contribution in [0.25, 0.3) is 107 Å². The third-order valence-corrected chi connectivity index (χ3v) is 14.8. The second kappa shape index (κ2) is 12.1. The number of rotatable bonds is 3. The zero-order valence-electron chi connectivity index (χ0n) is 31.2. The molecule has 5 heterocycles. The average Bonchev–Trinajstić information content (AvgIpc) is 4.02. The number of benzene rings is 7. The lowest BCUT2D eigenvalue weighted by atomic mass is 9.84. The van der Waals surface area contributed by atoms with Crippen LogP contribution in [0.3, 0.4) is 0 Å². The Hall–Kier alpha value is -6.31. The molecule has 0 aliphatic heterocycles. The van der Waals surface area contributed by atoms with Gasteiger partial charge in [-0.1, -0.05) is 110 Å². The van der Waals surface area contributed by atoms with Gasteiger partial charge in [-0.05, 0) is 88.5 Å². The molecule has 0 saturated heterocycles. The van der Waals surface area contributed by atoms with Crippen molar-refractivity contribution in [2.45, 2.75) is 19.3 Å². The molecule has 1 atom stereocenters. The Balaban J connectivity index is 1.15. The van der Waals surface area contributed by atoms with Crippen molar-refractivity contribution in [3.63, 3.8) is 0 Å². The van der Waals surface area contributed by atoms with Crippen molar-refractivity contribution in [3.05, 3.63) is 168 Å². The first-order chi connectivity index (χ1) is 28.6. The van der Waals surface area contributed by atoms with Crippen molar-refractivity contribution in [2.24, 2.45) is 0 Å². The van der Waals surface area contributed by atoms with Crippen LogP contribution >= 0.6 is 34.3 Å². The van der Waals surface area contributed by atoms with Gasteiger partial charge < -0.3 is 4.57 Å². The number of halogens is 1.